The molecule has 1 atom stereocenters. The first-order valence-corrected chi connectivity index (χ1v) is 11.9. The Bertz CT molecular complexity index is 1050. The minimum Gasteiger partial charge on any atom is -0.492 e. The molecule has 0 aliphatic carbocycles. The second kappa shape index (κ2) is 13.7. The van der Waals surface area contributed by atoms with Gasteiger partial charge in [-0.1, -0.05) is 23.2 Å². The molecule has 0 aromatic heterocycles. The van der Waals surface area contributed by atoms with E-state index in [-0.39, 0.29) is 10.7 Å². The lowest BCUT2D eigenvalue weighted by Crippen LogP contribution is -2.31. The van der Waals surface area contributed by atoms with E-state index in [9.17, 15) is 9.59 Å². The van der Waals surface area contributed by atoms with Crippen LogP contribution >= 0.6 is 23.2 Å². The number of hydrogen-bond donors (Lipinski definition) is 1. The topological polar surface area (TPSA) is 108 Å². The van der Waals surface area contributed by atoms with E-state index >= 15 is 0 Å². The molecule has 2 aromatic rings. The van der Waals surface area contributed by atoms with Crippen molar-refractivity contribution in [2.24, 2.45) is 10.2 Å². The van der Waals surface area contributed by atoms with Gasteiger partial charge < -0.3 is 24.3 Å². The van der Waals surface area contributed by atoms with Crippen LogP contribution in [0.1, 0.15) is 34.6 Å². The van der Waals surface area contributed by atoms with Crippen LogP contribution < -0.4 is 24.3 Å². The molecule has 0 saturated carbocycles. The zero-order valence-corrected chi connectivity index (χ0v) is 21.8. The van der Waals surface area contributed by atoms with Gasteiger partial charge in [0.15, 0.2) is 5.78 Å². The molecule has 0 aliphatic heterocycles. The third-order valence-electron chi connectivity index (χ3n) is 4.40. The van der Waals surface area contributed by atoms with E-state index in [1.54, 1.807) is 39.0 Å². The van der Waals surface area contributed by atoms with E-state index in [2.05, 4.69) is 15.5 Å². The highest BCUT2D eigenvalue weighted by atomic mass is 35.5. The van der Waals surface area contributed by atoms with E-state index in [1.807, 2.05) is 6.92 Å². The van der Waals surface area contributed by atoms with Crippen LogP contribution in [0, 0.1) is 0 Å². The Kier molecular flexibility index (Phi) is 11.1. The molecule has 9 nitrogen and oxygen atoms in total. The SMILES string of the molecule is CCOc1cc(N=NC(C(C)=O)C(=O)Nc2cc(OCC)c(Cl)c(OCC)c2)c(OCC)cc1Cl. The van der Waals surface area contributed by atoms with E-state index in [0.717, 1.165) is 0 Å². The van der Waals surface area contributed by atoms with Gasteiger partial charge >= 0.3 is 0 Å². The molecule has 190 valence electrons. The average Bonchev–Trinajstić information content (AvgIpc) is 2.80. The minimum absolute atomic E-state index is 0.266. The zero-order chi connectivity index (χ0) is 26.0. The van der Waals surface area contributed by atoms with E-state index in [1.165, 1.54) is 13.0 Å². The predicted octanol–water partition coefficient (Wildman–Crippen LogP) is 6.27. The number of nitrogens with one attached hydrogen (secondary N) is 1. The molecular formula is C24H29Cl2N3O6. The van der Waals surface area contributed by atoms with Gasteiger partial charge in [0.2, 0.25) is 6.04 Å². The van der Waals surface area contributed by atoms with Crippen molar-refractivity contribution in [3.05, 3.63) is 34.3 Å². The maximum Gasteiger partial charge on any atom is 0.258 e. The lowest BCUT2D eigenvalue weighted by atomic mass is 10.2. The quantitative estimate of drug-likeness (QED) is 0.244. The molecule has 1 amide bonds. The molecule has 0 spiro atoms. The Morgan fingerprint density at radius 2 is 1.34 bits per heavy atom. The summed E-state index contributed by atoms with van der Waals surface area (Å²) in [6.07, 6.45) is 0. The van der Waals surface area contributed by atoms with Crippen LogP contribution in [0.2, 0.25) is 10.0 Å². The Labute approximate surface area is 214 Å². The smallest absolute Gasteiger partial charge is 0.258 e. The predicted molar refractivity (Wildman–Crippen MR) is 135 cm³/mol. The fourth-order valence-electron chi connectivity index (χ4n) is 2.95. The van der Waals surface area contributed by atoms with Crippen molar-refractivity contribution in [2.75, 3.05) is 31.7 Å². The van der Waals surface area contributed by atoms with Gasteiger partial charge in [-0.3, -0.25) is 9.59 Å². The molecule has 35 heavy (non-hydrogen) atoms. The summed E-state index contributed by atoms with van der Waals surface area (Å²) in [6, 6.07) is 4.75. The van der Waals surface area contributed by atoms with Crippen molar-refractivity contribution in [3.63, 3.8) is 0 Å². The average molecular weight is 526 g/mol. The summed E-state index contributed by atoms with van der Waals surface area (Å²) in [6.45, 7) is 9.93. The maximum atomic E-state index is 13.0. The number of carbonyl (C=O) groups excluding carboxylic acids is 2. The number of ketones is 1. The van der Waals surface area contributed by atoms with Crippen LogP contribution in [-0.2, 0) is 9.59 Å². The molecule has 2 aromatic carbocycles. The number of carbonyl (C=O) groups is 2. The summed E-state index contributed by atoms with van der Waals surface area (Å²) in [5, 5.41) is 11.4. The van der Waals surface area contributed by atoms with Gasteiger partial charge in [0.25, 0.3) is 5.91 Å². The Hall–Kier alpha value is -3.04. The molecular weight excluding hydrogens is 497 g/mol. The van der Waals surface area contributed by atoms with E-state index in [4.69, 9.17) is 42.1 Å². The number of Topliss-reactive ketones (excluding diaryl/α,β-unsaturated/α-hetero) is 1. The van der Waals surface area contributed by atoms with Gasteiger partial charge in [-0.05, 0) is 34.6 Å². The number of rotatable bonds is 13. The number of ether oxygens (including phenoxy) is 4. The van der Waals surface area contributed by atoms with Crippen molar-refractivity contribution in [3.8, 4) is 23.0 Å². The Morgan fingerprint density at radius 1 is 0.829 bits per heavy atom. The number of halogens is 2. The second-order valence-corrected chi connectivity index (χ2v) is 7.77. The number of hydrogen-bond acceptors (Lipinski definition) is 8. The Balaban J connectivity index is 2.36. The molecule has 0 bridgehead atoms. The third-order valence-corrected chi connectivity index (χ3v) is 5.07. The van der Waals surface area contributed by atoms with Gasteiger partial charge in [-0.25, -0.2) is 0 Å². The van der Waals surface area contributed by atoms with Crippen molar-refractivity contribution in [1.29, 1.82) is 0 Å². The summed E-state index contributed by atoms with van der Waals surface area (Å²) >= 11 is 12.5. The summed E-state index contributed by atoms with van der Waals surface area (Å²) in [5.74, 6) is 0.193. The van der Waals surface area contributed by atoms with Crippen molar-refractivity contribution in [2.45, 2.75) is 40.7 Å². The molecule has 2 rings (SSSR count). The number of nitrogens with zero attached hydrogens (tertiary/aromatic N) is 2. The van der Waals surface area contributed by atoms with Crippen LogP contribution in [0.15, 0.2) is 34.5 Å². The van der Waals surface area contributed by atoms with Crippen molar-refractivity contribution >= 4 is 46.3 Å². The number of benzene rings is 2. The molecule has 0 fully saturated rings. The highest BCUT2D eigenvalue weighted by molar-refractivity contribution is 6.33. The van der Waals surface area contributed by atoms with E-state index < -0.39 is 17.7 Å². The van der Waals surface area contributed by atoms with Crippen molar-refractivity contribution in [1.82, 2.24) is 0 Å². The fourth-order valence-corrected chi connectivity index (χ4v) is 3.38. The standard InChI is InChI=1S/C24H29Cl2N3O6/c1-6-32-18-13-17(19(33-7-2)12-16(18)25)28-29-23(14(5)30)24(31)27-15-10-20(34-8-3)22(26)21(11-15)35-9-4/h10-13,23H,6-9H2,1-5H3,(H,27,31). The van der Waals surface area contributed by atoms with Gasteiger partial charge in [0.1, 0.15) is 33.7 Å². The summed E-state index contributed by atoms with van der Waals surface area (Å²) in [5.41, 5.74) is 0.593. The largest absolute Gasteiger partial charge is 0.492 e. The maximum absolute atomic E-state index is 13.0. The lowest BCUT2D eigenvalue weighted by molar-refractivity contribution is -0.126. The van der Waals surface area contributed by atoms with Crippen LogP contribution in [0.25, 0.3) is 0 Å². The van der Waals surface area contributed by atoms with Crippen LogP contribution in [0.5, 0.6) is 23.0 Å². The monoisotopic (exact) mass is 525 g/mol. The first kappa shape index (κ1) is 28.2. The third kappa shape index (κ3) is 7.73. The molecule has 1 unspecified atom stereocenters. The van der Waals surface area contributed by atoms with Gasteiger partial charge in [-0.15, -0.1) is 0 Å². The molecule has 1 N–H and O–H groups in total. The first-order valence-electron chi connectivity index (χ1n) is 11.2. The summed E-state index contributed by atoms with van der Waals surface area (Å²) in [4.78, 5) is 25.2. The van der Waals surface area contributed by atoms with Crippen LogP contribution in [0.4, 0.5) is 11.4 Å². The van der Waals surface area contributed by atoms with Crippen LogP contribution in [0.3, 0.4) is 0 Å². The van der Waals surface area contributed by atoms with E-state index in [0.29, 0.717) is 60.1 Å². The summed E-state index contributed by atoms with van der Waals surface area (Å²) < 4.78 is 22.1. The number of azo groups is 1. The molecule has 0 heterocycles. The normalized spacial score (nSPS) is 11.7. The first-order chi connectivity index (χ1) is 16.7. The molecule has 0 saturated heterocycles. The number of amides is 1. The lowest BCUT2D eigenvalue weighted by Gasteiger charge is -2.15. The highest BCUT2D eigenvalue weighted by Gasteiger charge is 2.25. The molecule has 11 heteroatoms. The summed E-state index contributed by atoms with van der Waals surface area (Å²) in [7, 11) is 0. The molecule has 0 aliphatic rings. The van der Waals surface area contributed by atoms with Gasteiger partial charge in [-0.2, -0.15) is 10.2 Å². The van der Waals surface area contributed by atoms with Crippen LogP contribution in [-0.4, -0.2) is 44.2 Å². The Morgan fingerprint density at radius 3 is 1.86 bits per heavy atom. The van der Waals surface area contributed by atoms with Gasteiger partial charge in [0, 0.05) is 30.0 Å². The number of anilines is 1. The van der Waals surface area contributed by atoms with Gasteiger partial charge in [0.05, 0.1) is 31.5 Å². The zero-order valence-electron chi connectivity index (χ0n) is 20.3. The molecule has 0 radical (unpaired) electrons. The van der Waals surface area contributed by atoms with Crippen molar-refractivity contribution < 1.29 is 28.5 Å². The fraction of sp³-hybridized carbons (Fsp3) is 0.417. The minimum atomic E-state index is -1.42. The highest BCUT2D eigenvalue weighted by Crippen LogP contribution is 2.39. The second-order valence-electron chi connectivity index (χ2n) is 6.99.